The van der Waals surface area contributed by atoms with Gasteiger partial charge in [-0.15, -0.1) is 0 Å². The number of carbonyl (C=O) groups excluding carboxylic acids is 2. The molecule has 0 atom stereocenters. The van der Waals surface area contributed by atoms with Gasteiger partial charge in [0.2, 0.25) is 0 Å². The average Bonchev–Trinajstić information content (AvgIpc) is 2.22. The zero-order valence-electron chi connectivity index (χ0n) is 8.45. The van der Waals surface area contributed by atoms with Gasteiger partial charge in [0.05, 0.1) is 13.7 Å². The maximum absolute atomic E-state index is 10.7. The van der Waals surface area contributed by atoms with Crippen LogP contribution in [0, 0.1) is 0 Å². The SMILES string of the molecule is C=CC(=O)OCCCCCC(=O)OC. The van der Waals surface area contributed by atoms with E-state index in [-0.39, 0.29) is 5.97 Å². The molecular formula is C10H16O4. The summed E-state index contributed by atoms with van der Waals surface area (Å²) in [5.74, 6) is -0.606. The Morgan fingerprint density at radius 1 is 1.29 bits per heavy atom. The Hall–Kier alpha value is -1.32. The Balaban J connectivity index is 3.18. The molecule has 0 fully saturated rings. The number of esters is 2. The number of rotatable bonds is 7. The molecule has 0 aromatic rings. The highest BCUT2D eigenvalue weighted by Gasteiger charge is 1.99. The molecule has 0 N–H and O–H groups in total. The number of unbranched alkanes of at least 4 members (excludes halogenated alkanes) is 2. The van der Waals surface area contributed by atoms with Crippen LogP contribution in [0.2, 0.25) is 0 Å². The van der Waals surface area contributed by atoms with Gasteiger partial charge >= 0.3 is 11.9 Å². The summed E-state index contributed by atoms with van der Waals surface area (Å²) in [5.41, 5.74) is 0. The van der Waals surface area contributed by atoms with Crippen LogP contribution in [0.1, 0.15) is 25.7 Å². The maximum atomic E-state index is 10.7. The van der Waals surface area contributed by atoms with Gasteiger partial charge in [0, 0.05) is 12.5 Å². The van der Waals surface area contributed by atoms with Crippen molar-refractivity contribution in [1.29, 1.82) is 0 Å². The number of hydrogen-bond donors (Lipinski definition) is 0. The summed E-state index contributed by atoms with van der Waals surface area (Å²) in [6, 6.07) is 0. The largest absolute Gasteiger partial charge is 0.469 e. The highest BCUT2D eigenvalue weighted by Crippen LogP contribution is 2.01. The summed E-state index contributed by atoms with van der Waals surface area (Å²) in [4.78, 5) is 21.3. The summed E-state index contributed by atoms with van der Waals surface area (Å²) in [6.45, 7) is 3.66. The second kappa shape index (κ2) is 8.29. The molecular weight excluding hydrogens is 184 g/mol. The Kier molecular flexibility index (Phi) is 7.50. The van der Waals surface area contributed by atoms with Crippen molar-refractivity contribution in [2.75, 3.05) is 13.7 Å². The molecule has 0 spiro atoms. The normalized spacial score (nSPS) is 9.21. The van der Waals surface area contributed by atoms with Crippen LogP contribution >= 0.6 is 0 Å². The van der Waals surface area contributed by atoms with E-state index in [1.165, 1.54) is 7.11 Å². The van der Waals surface area contributed by atoms with Gasteiger partial charge in [-0.25, -0.2) is 4.79 Å². The van der Waals surface area contributed by atoms with Crippen LogP contribution in [0.15, 0.2) is 12.7 Å². The first kappa shape index (κ1) is 12.7. The van der Waals surface area contributed by atoms with E-state index in [0.717, 1.165) is 25.3 Å². The number of ether oxygens (including phenoxy) is 2. The van der Waals surface area contributed by atoms with E-state index in [2.05, 4.69) is 11.3 Å². The third-order valence-electron chi connectivity index (χ3n) is 1.66. The third kappa shape index (κ3) is 7.34. The predicted octanol–water partition coefficient (Wildman–Crippen LogP) is 1.45. The van der Waals surface area contributed by atoms with Crippen molar-refractivity contribution in [3.8, 4) is 0 Å². The quantitative estimate of drug-likeness (QED) is 0.354. The van der Waals surface area contributed by atoms with Crippen molar-refractivity contribution in [2.24, 2.45) is 0 Å². The van der Waals surface area contributed by atoms with E-state index in [4.69, 9.17) is 4.74 Å². The molecule has 0 bridgehead atoms. The molecule has 0 saturated carbocycles. The molecule has 0 aliphatic rings. The lowest BCUT2D eigenvalue weighted by molar-refractivity contribution is -0.141. The lowest BCUT2D eigenvalue weighted by Gasteiger charge is -2.01. The van der Waals surface area contributed by atoms with E-state index in [1.807, 2.05) is 0 Å². The zero-order valence-corrected chi connectivity index (χ0v) is 8.45. The lowest BCUT2D eigenvalue weighted by atomic mass is 10.2. The van der Waals surface area contributed by atoms with E-state index in [0.29, 0.717) is 13.0 Å². The van der Waals surface area contributed by atoms with Gasteiger partial charge in [-0.3, -0.25) is 4.79 Å². The van der Waals surface area contributed by atoms with Crippen molar-refractivity contribution >= 4 is 11.9 Å². The van der Waals surface area contributed by atoms with Crippen LogP contribution in [-0.2, 0) is 19.1 Å². The van der Waals surface area contributed by atoms with Gasteiger partial charge in [0.25, 0.3) is 0 Å². The topological polar surface area (TPSA) is 52.6 Å². The fourth-order valence-corrected chi connectivity index (χ4v) is 0.882. The second-order valence-electron chi connectivity index (χ2n) is 2.76. The molecule has 0 aliphatic carbocycles. The minimum Gasteiger partial charge on any atom is -0.469 e. The highest BCUT2D eigenvalue weighted by molar-refractivity contribution is 5.81. The Morgan fingerprint density at radius 3 is 2.57 bits per heavy atom. The number of methoxy groups -OCH3 is 1. The van der Waals surface area contributed by atoms with Crippen molar-refractivity contribution in [3.63, 3.8) is 0 Å². The molecule has 14 heavy (non-hydrogen) atoms. The van der Waals surface area contributed by atoms with Crippen molar-refractivity contribution in [3.05, 3.63) is 12.7 Å². The smallest absolute Gasteiger partial charge is 0.330 e. The molecule has 80 valence electrons. The third-order valence-corrected chi connectivity index (χ3v) is 1.66. The maximum Gasteiger partial charge on any atom is 0.330 e. The zero-order chi connectivity index (χ0) is 10.8. The van der Waals surface area contributed by atoms with Crippen LogP contribution < -0.4 is 0 Å². The summed E-state index contributed by atoms with van der Waals surface area (Å²) in [6.07, 6.45) is 3.93. The molecule has 0 unspecified atom stereocenters. The van der Waals surface area contributed by atoms with Gasteiger partial charge < -0.3 is 9.47 Å². The van der Waals surface area contributed by atoms with Crippen LogP contribution in [0.3, 0.4) is 0 Å². The Labute approximate surface area is 83.9 Å². The van der Waals surface area contributed by atoms with Crippen molar-refractivity contribution < 1.29 is 19.1 Å². The molecule has 4 heteroatoms. The fraction of sp³-hybridized carbons (Fsp3) is 0.600. The van der Waals surface area contributed by atoms with E-state index in [1.54, 1.807) is 0 Å². The molecule has 0 aromatic carbocycles. The van der Waals surface area contributed by atoms with Crippen LogP contribution in [-0.4, -0.2) is 25.7 Å². The summed E-state index contributed by atoms with van der Waals surface area (Å²) >= 11 is 0. The Morgan fingerprint density at radius 2 is 2.00 bits per heavy atom. The van der Waals surface area contributed by atoms with Crippen molar-refractivity contribution in [2.45, 2.75) is 25.7 Å². The van der Waals surface area contributed by atoms with Gasteiger partial charge in [-0.1, -0.05) is 6.58 Å². The predicted molar refractivity (Wildman–Crippen MR) is 51.6 cm³/mol. The van der Waals surface area contributed by atoms with Crippen molar-refractivity contribution in [1.82, 2.24) is 0 Å². The molecule has 0 amide bonds. The van der Waals surface area contributed by atoms with E-state index in [9.17, 15) is 9.59 Å². The minimum atomic E-state index is -0.405. The average molecular weight is 200 g/mol. The number of hydrogen-bond acceptors (Lipinski definition) is 4. The van der Waals surface area contributed by atoms with Gasteiger partial charge in [-0.2, -0.15) is 0 Å². The van der Waals surface area contributed by atoms with E-state index < -0.39 is 5.97 Å². The summed E-state index contributed by atoms with van der Waals surface area (Å²) < 4.78 is 9.23. The second-order valence-corrected chi connectivity index (χ2v) is 2.76. The summed E-state index contributed by atoms with van der Waals surface area (Å²) in [7, 11) is 1.37. The van der Waals surface area contributed by atoms with Gasteiger partial charge in [0.1, 0.15) is 0 Å². The standard InChI is InChI=1S/C10H16O4/c1-3-9(11)14-8-6-4-5-7-10(12)13-2/h3H,1,4-8H2,2H3. The monoisotopic (exact) mass is 200 g/mol. The lowest BCUT2D eigenvalue weighted by Crippen LogP contribution is -2.03. The molecule has 0 radical (unpaired) electrons. The molecule has 0 saturated heterocycles. The summed E-state index contributed by atoms with van der Waals surface area (Å²) in [5, 5.41) is 0. The molecule has 0 rings (SSSR count). The van der Waals surface area contributed by atoms with Gasteiger partial charge in [0.15, 0.2) is 0 Å². The number of carbonyl (C=O) groups is 2. The molecule has 0 heterocycles. The Bertz CT molecular complexity index is 198. The minimum absolute atomic E-state index is 0.201. The molecule has 4 nitrogen and oxygen atoms in total. The first-order valence-corrected chi connectivity index (χ1v) is 4.56. The first-order valence-electron chi connectivity index (χ1n) is 4.56. The molecule has 0 aromatic heterocycles. The first-order chi connectivity index (χ1) is 6.70. The van der Waals surface area contributed by atoms with Crippen LogP contribution in [0.4, 0.5) is 0 Å². The fourth-order valence-electron chi connectivity index (χ4n) is 0.882. The molecule has 0 aliphatic heterocycles. The van der Waals surface area contributed by atoms with Gasteiger partial charge in [-0.05, 0) is 19.3 Å². The van der Waals surface area contributed by atoms with E-state index >= 15 is 0 Å². The highest BCUT2D eigenvalue weighted by atomic mass is 16.5. The van der Waals surface area contributed by atoms with Crippen LogP contribution in [0.25, 0.3) is 0 Å². The van der Waals surface area contributed by atoms with Crippen LogP contribution in [0.5, 0.6) is 0 Å².